The first-order valence-corrected chi connectivity index (χ1v) is 7.64. The lowest BCUT2D eigenvalue weighted by Crippen LogP contribution is -2.12. The van der Waals surface area contributed by atoms with Gasteiger partial charge in [0.2, 0.25) is 0 Å². The van der Waals surface area contributed by atoms with Crippen molar-refractivity contribution in [3.8, 4) is 22.1 Å². The minimum atomic E-state index is -0.658. The molecule has 2 N–H and O–H groups in total. The van der Waals surface area contributed by atoms with Crippen LogP contribution in [0.4, 0.5) is 5.00 Å². The van der Waals surface area contributed by atoms with Crippen molar-refractivity contribution < 1.29 is 14.5 Å². The number of para-hydroxylation sites is 2. The van der Waals surface area contributed by atoms with E-state index in [0.29, 0.717) is 16.3 Å². The molecule has 0 aliphatic rings. The Kier molecular flexibility index (Phi) is 4.21. The molecule has 0 spiro atoms. The number of hydrogen-bond acceptors (Lipinski definition) is 6. The number of nitrogens with two attached hydrogens (primary N) is 1. The van der Waals surface area contributed by atoms with Crippen molar-refractivity contribution >= 4 is 22.2 Å². The first-order valence-electron chi connectivity index (χ1n) is 6.82. The van der Waals surface area contributed by atoms with Gasteiger partial charge in [-0.3, -0.25) is 14.9 Å². The molecule has 1 aromatic heterocycles. The zero-order chi connectivity index (χ0) is 17.1. The fraction of sp³-hybridized carbons (Fsp3) is 0. The van der Waals surface area contributed by atoms with Crippen LogP contribution in [0.1, 0.15) is 10.4 Å². The SMILES string of the molecule is NC(=O)c1cccc(-c2ncc([N+](=O)[O-])s2)c1Oc1ccccc1. The van der Waals surface area contributed by atoms with E-state index in [4.69, 9.17) is 10.5 Å². The average Bonchev–Trinajstić information content (AvgIpc) is 3.06. The monoisotopic (exact) mass is 341 g/mol. The van der Waals surface area contributed by atoms with Gasteiger partial charge in [-0.25, -0.2) is 4.98 Å². The molecule has 0 aliphatic carbocycles. The molecule has 0 aliphatic heterocycles. The molecule has 0 radical (unpaired) electrons. The molecule has 0 atom stereocenters. The predicted molar refractivity (Wildman–Crippen MR) is 89.2 cm³/mol. The first kappa shape index (κ1) is 15.6. The minimum absolute atomic E-state index is 0.0971. The summed E-state index contributed by atoms with van der Waals surface area (Å²) >= 11 is 0.897. The second kappa shape index (κ2) is 6.47. The summed E-state index contributed by atoms with van der Waals surface area (Å²) < 4.78 is 5.82. The summed E-state index contributed by atoms with van der Waals surface area (Å²) in [6.45, 7) is 0. The number of ether oxygens (including phenoxy) is 1. The van der Waals surface area contributed by atoms with Gasteiger partial charge in [0.15, 0.2) is 0 Å². The summed E-state index contributed by atoms with van der Waals surface area (Å²) in [6.07, 6.45) is 1.17. The van der Waals surface area contributed by atoms with Gasteiger partial charge in [0, 0.05) is 0 Å². The lowest BCUT2D eigenvalue weighted by atomic mass is 10.1. The van der Waals surface area contributed by atoms with Crippen molar-refractivity contribution in [3.63, 3.8) is 0 Å². The Morgan fingerprint density at radius 2 is 1.92 bits per heavy atom. The van der Waals surface area contributed by atoms with Crippen LogP contribution in [0, 0.1) is 10.1 Å². The third-order valence-electron chi connectivity index (χ3n) is 3.15. The Hall–Kier alpha value is -3.26. The van der Waals surface area contributed by atoms with Gasteiger partial charge in [-0.2, -0.15) is 0 Å². The molecular formula is C16H11N3O4S. The number of primary amides is 1. The Morgan fingerprint density at radius 1 is 1.17 bits per heavy atom. The standard InChI is InChI=1S/C16H11N3O4S/c17-15(20)11-7-4-8-12(16-18-9-13(24-16)19(21)22)14(11)23-10-5-2-1-3-6-10/h1-9H,(H2,17,20). The molecular weight excluding hydrogens is 330 g/mol. The zero-order valence-electron chi connectivity index (χ0n) is 12.2. The van der Waals surface area contributed by atoms with Crippen molar-refractivity contribution in [1.82, 2.24) is 4.98 Å². The van der Waals surface area contributed by atoms with E-state index >= 15 is 0 Å². The lowest BCUT2D eigenvalue weighted by Gasteiger charge is -2.12. The Balaban J connectivity index is 2.12. The highest BCUT2D eigenvalue weighted by Crippen LogP contribution is 2.39. The second-order valence-corrected chi connectivity index (χ2v) is 5.73. The molecule has 7 nitrogen and oxygen atoms in total. The van der Waals surface area contributed by atoms with Crippen LogP contribution in [0.3, 0.4) is 0 Å². The Labute approximate surface area is 140 Å². The van der Waals surface area contributed by atoms with Crippen molar-refractivity contribution in [1.29, 1.82) is 0 Å². The third kappa shape index (κ3) is 3.08. The number of carbonyl (C=O) groups is 1. The lowest BCUT2D eigenvalue weighted by molar-refractivity contribution is -0.380. The zero-order valence-corrected chi connectivity index (χ0v) is 13.0. The Bertz CT molecular complexity index is 909. The summed E-state index contributed by atoms with van der Waals surface area (Å²) in [4.78, 5) is 26.1. The molecule has 0 saturated carbocycles. The fourth-order valence-electron chi connectivity index (χ4n) is 2.09. The molecule has 2 aromatic carbocycles. The van der Waals surface area contributed by atoms with Gasteiger partial charge >= 0.3 is 5.00 Å². The second-order valence-electron chi connectivity index (χ2n) is 4.72. The number of carbonyl (C=O) groups excluding carboxylic acids is 1. The topological polar surface area (TPSA) is 108 Å². The highest BCUT2D eigenvalue weighted by molar-refractivity contribution is 7.18. The number of thiazole rings is 1. The van der Waals surface area contributed by atoms with Crippen molar-refractivity contribution in [2.45, 2.75) is 0 Å². The number of aromatic nitrogens is 1. The molecule has 0 fully saturated rings. The van der Waals surface area contributed by atoms with E-state index in [-0.39, 0.29) is 16.3 Å². The maximum absolute atomic E-state index is 11.7. The summed E-state index contributed by atoms with van der Waals surface area (Å²) in [6, 6.07) is 13.7. The number of nitro groups is 1. The smallest absolute Gasteiger partial charge is 0.344 e. The van der Waals surface area contributed by atoms with Crippen molar-refractivity contribution in [3.05, 3.63) is 70.4 Å². The van der Waals surface area contributed by atoms with Gasteiger partial charge in [0.25, 0.3) is 5.91 Å². The highest BCUT2D eigenvalue weighted by atomic mass is 32.1. The molecule has 24 heavy (non-hydrogen) atoms. The van der Waals surface area contributed by atoms with Crippen LogP contribution < -0.4 is 10.5 Å². The van der Waals surface area contributed by atoms with Gasteiger partial charge in [-0.1, -0.05) is 24.3 Å². The number of nitrogens with zero attached hydrogens (tertiary/aromatic N) is 2. The normalized spacial score (nSPS) is 10.3. The number of rotatable bonds is 5. The summed E-state index contributed by atoms with van der Waals surface area (Å²) in [5.74, 6) is 0.0767. The van der Waals surface area contributed by atoms with E-state index in [9.17, 15) is 14.9 Å². The maximum Gasteiger partial charge on any atom is 0.344 e. The van der Waals surface area contributed by atoms with Crippen LogP contribution in [0.2, 0.25) is 0 Å². The summed E-state index contributed by atoms with van der Waals surface area (Å²) in [5.41, 5.74) is 6.07. The van der Waals surface area contributed by atoms with Crippen LogP contribution in [-0.2, 0) is 0 Å². The van der Waals surface area contributed by atoms with E-state index in [1.165, 1.54) is 12.3 Å². The van der Waals surface area contributed by atoms with Crippen molar-refractivity contribution in [2.24, 2.45) is 5.73 Å². The molecule has 3 aromatic rings. The van der Waals surface area contributed by atoms with Gasteiger partial charge in [0.05, 0.1) is 16.1 Å². The van der Waals surface area contributed by atoms with Gasteiger partial charge < -0.3 is 10.5 Å². The van der Waals surface area contributed by atoms with Gasteiger partial charge in [-0.05, 0) is 35.6 Å². The molecule has 1 heterocycles. The number of hydrogen-bond donors (Lipinski definition) is 1. The van der Waals surface area contributed by atoms with Crippen LogP contribution in [0.25, 0.3) is 10.6 Å². The van der Waals surface area contributed by atoms with Crippen molar-refractivity contribution in [2.75, 3.05) is 0 Å². The molecule has 0 bridgehead atoms. The average molecular weight is 341 g/mol. The first-order chi connectivity index (χ1) is 11.6. The van der Waals surface area contributed by atoms with E-state index in [1.807, 2.05) is 6.07 Å². The molecule has 0 saturated heterocycles. The maximum atomic E-state index is 11.7. The summed E-state index contributed by atoms with van der Waals surface area (Å²) in [7, 11) is 0. The number of amides is 1. The van der Waals surface area contributed by atoms with Gasteiger partial charge in [-0.15, -0.1) is 0 Å². The largest absolute Gasteiger partial charge is 0.456 e. The van der Waals surface area contributed by atoms with E-state index < -0.39 is 10.8 Å². The summed E-state index contributed by atoms with van der Waals surface area (Å²) in [5, 5.41) is 11.1. The van der Waals surface area contributed by atoms with Crippen LogP contribution in [0.15, 0.2) is 54.7 Å². The molecule has 1 amide bonds. The molecule has 3 rings (SSSR count). The van der Waals surface area contributed by atoms with Gasteiger partial charge in [0.1, 0.15) is 22.7 Å². The predicted octanol–water partition coefficient (Wildman–Crippen LogP) is 3.61. The third-order valence-corrected chi connectivity index (χ3v) is 4.13. The van der Waals surface area contributed by atoms with Crippen LogP contribution in [-0.4, -0.2) is 15.8 Å². The number of benzene rings is 2. The molecule has 0 unspecified atom stereocenters. The van der Waals surface area contributed by atoms with E-state index in [2.05, 4.69) is 4.98 Å². The fourth-order valence-corrected chi connectivity index (χ4v) is 2.84. The highest BCUT2D eigenvalue weighted by Gasteiger charge is 2.20. The van der Waals surface area contributed by atoms with Crippen LogP contribution >= 0.6 is 11.3 Å². The van der Waals surface area contributed by atoms with E-state index in [1.54, 1.807) is 36.4 Å². The van der Waals surface area contributed by atoms with E-state index in [0.717, 1.165) is 11.3 Å². The Morgan fingerprint density at radius 3 is 2.54 bits per heavy atom. The minimum Gasteiger partial charge on any atom is -0.456 e. The quantitative estimate of drug-likeness (QED) is 0.563. The molecule has 120 valence electrons. The molecule has 8 heteroatoms. The van der Waals surface area contributed by atoms with Crippen LogP contribution in [0.5, 0.6) is 11.5 Å².